The summed E-state index contributed by atoms with van der Waals surface area (Å²) in [6.45, 7) is 5.53. The smallest absolute Gasteiger partial charge is 0.226 e. The van der Waals surface area contributed by atoms with E-state index in [1.54, 1.807) is 10.9 Å². The fourth-order valence-electron chi connectivity index (χ4n) is 3.10. The van der Waals surface area contributed by atoms with Crippen molar-refractivity contribution in [3.63, 3.8) is 0 Å². The molecule has 0 aliphatic carbocycles. The van der Waals surface area contributed by atoms with Gasteiger partial charge in [-0.25, -0.2) is 0 Å². The Kier molecular flexibility index (Phi) is 4.42. The van der Waals surface area contributed by atoms with Crippen molar-refractivity contribution in [2.45, 2.75) is 38.6 Å². The van der Waals surface area contributed by atoms with Gasteiger partial charge in [0, 0.05) is 26.2 Å². The zero-order valence-corrected chi connectivity index (χ0v) is 13.4. The van der Waals surface area contributed by atoms with Gasteiger partial charge in [0.15, 0.2) is 5.65 Å². The molecular formula is C15H25N7. The number of hydrogen-bond acceptors (Lipinski definition) is 6. The molecule has 2 aromatic heterocycles. The fourth-order valence-corrected chi connectivity index (χ4v) is 3.10. The van der Waals surface area contributed by atoms with E-state index >= 15 is 0 Å². The number of aryl methyl sites for hydroxylation is 1. The lowest BCUT2D eigenvalue weighted by Gasteiger charge is -2.33. The molecule has 2 aromatic rings. The largest absolute Gasteiger partial charge is 0.383 e. The third kappa shape index (κ3) is 3.14. The number of nitrogens with one attached hydrogen (secondary N) is 1. The van der Waals surface area contributed by atoms with Crippen LogP contribution in [0.5, 0.6) is 0 Å². The van der Waals surface area contributed by atoms with Gasteiger partial charge >= 0.3 is 0 Å². The first-order chi connectivity index (χ1) is 10.6. The van der Waals surface area contributed by atoms with Crippen LogP contribution >= 0.6 is 0 Å². The maximum atomic E-state index is 5.96. The van der Waals surface area contributed by atoms with Crippen LogP contribution in [0, 0.1) is 0 Å². The topological polar surface area (TPSA) is 84.9 Å². The highest BCUT2D eigenvalue weighted by molar-refractivity contribution is 5.86. The van der Waals surface area contributed by atoms with Gasteiger partial charge in [-0.3, -0.25) is 4.68 Å². The van der Waals surface area contributed by atoms with Gasteiger partial charge in [0.1, 0.15) is 5.82 Å². The molecule has 0 saturated carbocycles. The third-order valence-corrected chi connectivity index (χ3v) is 4.47. The van der Waals surface area contributed by atoms with E-state index < -0.39 is 0 Å². The van der Waals surface area contributed by atoms with E-state index in [0.717, 1.165) is 30.5 Å². The second kappa shape index (κ2) is 6.48. The third-order valence-electron chi connectivity index (χ3n) is 4.47. The summed E-state index contributed by atoms with van der Waals surface area (Å²) < 4.78 is 1.72. The molecule has 1 atom stereocenters. The van der Waals surface area contributed by atoms with Crippen molar-refractivity contribution in [3.05, 3.63) is 6.20 Å². The normalized spacial score (nSPS) is 19.6. The SMILES string of the molecule is CC1CCCCN1CCCNc1nc(N)c2cnn(C)c2n1. The number of rotatable bonds is 5. The lowest BCUT2D eigenvalue weighted by molar-refractivity contribution is 0.160. The maximum absolute atomic E-state index is 5.96. The molecule has 7 nitrogen and oxygen atoms in total. The van der Waals surface area contributed by atoms with Crippen molar-refractivity contribution in [2.75, 3.05) is 30.7 Å². The summed E-state index contributed by atoms with van der Waals surface area (Å²) in [6, 6.07) is 0.714. The van der Waals surface area contributed by atoms with Crippen molar-refractivity contribution in [3.8, 4) is 0 Å². The average Bonchev–Trinajstić information content (AvgIpc) is 2.87. The van der Waals surface area contributed by atoms with Gasteiger partial charge in [-0.2, -0.15) is 15.1 Å². The number of piperidine rings is 1. The van der Waals surface area contributed by atoms with Crippen LogP contribution in [0.2, 0.25) is 0 Å². The molecule has 0 bridgehead atoms. The van der Waals surface area contributed by atoms with Crippen LogP contribution in [0.3, 0.4) is 0 Å². The van der Waals surface area contributed by atoms with Crippen molar-refractivity contribution in [1.82, 2.24) is 24.6 Å². The summed E-state index contributed by atoms with van der Waals surface area (Å²) in [6.07, 6.45) is 6.80. The zero-order valence-electron chi connectivity index (χ0n) is 13.4. The second-order valence-corrected chi connectivity index (χ2v) is 6.10. The van der Waals surface area contributed by atoms with Crippen molar-refractivity contribution >= 4 is 22.8 Å². The lowest BCUT2D eigenvalue weighted by Crippen LogP contribution is -2.38. The predicted molar refractivity (Wildman–Crippen MR) is 88.7 cm³/mol. The number of nitrogen functional groups attached to an aromatic ring is 1. The summed E-state index contributed by atoms with van der Waals surface area (Å²) in [7, 11) is 1.86. The van der Waals surface area contributed by atoms with E-state index in [-0.39, 0.29) is 0 Å². The summed E-state index contributed by atoms with van der Waals surface area (Å²) in [5, 5.41) is 8.24. The van der Waals surface area contributed by atoms with Gasteiger partial charge in [-0.15, -0.1) is 0 Å². The van der Waals surface area contributed by atoms with E-state index in [2.05, 4.69) is 32.2 Å². The highest BCUT2D eigenvalue weighted by Crippen LogP contribution is 2.19. The number of anilines is 2. The molecule has 3 rings (SSSR count). The van der Waals surface area contributed by atoms with Gasteiger partial charge in [0.2, 0.25) is 5.95 Å². The monoisotopic (exact) mass is 303 g/mol. The minimum atomic E-state index is 0.477. The van der Waals surface area contributed by atoms with Crippen LogP contribution in [0.1, 0.15) is 32.6 Å². The Morgan fingerprint density at radius 1 is 1.36 bits per heavy atom. The molecule has 0 aromatic carbocycles. The van der Waals surface area contributed by atoms with Gasteiger partial charge < -0.3 is 16.0 Å². The summed E-state index contributed by atoms with van der Waals surface area (Å²) >= 11 is 0. The highest BCUT2D eigenvalue weighted by atomic mass is 15.3. The molecule has 0 radical (unpaired) electrons. The van der Waals surface area contributed by atoms with Crippen LogP contribution in [-0.4, -0.2) is 50.3 Å². The first kappa shape index (κ1) is 15.0. The molecule has 0 spiro atoms. The van der Waals surface area contributed by atoms with Crippen molar-refractivity contribution in [1.29, 1.82) is 0 Å². The van der Waals surface area contributed by atoms with Crippen LogP contribution in [0.25, 0.3) is 11.0 Å². The van der Waals surface area contributed by atoms with Gasteiger partial charge in [-0.1, -0.05) is 6.42 Å². The van der Waals surface area contributed by atoms with E-state index in [0.29, 0.717) is 17.8 Å². The second-order valence-electron chi connectivity index (χ2n) is 6.10. The molecule has 22 heavy (non-hydrogen) atoms. The van der Waals surface area contributed by atoms with E-state index in [1.165, 1.54) is 25.8 Å². The number of fused-ring (bicyclic) bond motifs is 1. The summed E-state index contributed by atoms with van der Waals surface area (Å²) in [5.41, 5.74) is 6.72. The number of likely N-dealkylation sites (tertiary alicyclic amines) is 1. The maximum Gasteiger partial charge on any atom is 0.226 e. The quantitative estimate of drug-likeness (QED) is 0.817. The minimum absolute atomic E-state index is 0.477. The van der Waals surface area contributed by atoms with E-state index in [4.69, 9.17) is 5.73 Å². The Labute approximate surface area is 130 Å². The van der Waals surface area contributed by atoms with Gasteiger partial charge in [-0.05, 0) is 32.7 Å². The van der Waals surface area contributed by atoms with Crippen molar-refractivity contribution < 1.29 is 0 Å². The Morgan fingerprint density at radius 2 is 2.23 bits per heavy atom. The predicted octanol–water partition coefficient (Wildman–Crippen LogP) is 1.62. The Bertz CT molecular complexity index is 636. The summed E-state index contributed by atoms with van der Waals surface area (Å²) in [5.74, 6) is 1.06. The zero-order chi connectivity index (χ0) is 15.5. The number of aromatic nitrogens is 4. The number of nitrogens with two attached hydrogens (primary N) is 1. The first-order valence-electron chi connectivity index (χ1n) is 8.08. The molecule has 3 heterocycles. The molecule has 1 aliphatic heterocycles. The molecule has 3 N–H and O–H groups in total. The van der Waals surface area contributed by atoms with Crippen LogP contribution < -0.4 is 11.1 Å². The molecule has 0 amide bonds. The van der Waals surface area contributed by atoms with Gasteiger partial charge in [0.05, 0.1) is 11.6 Å². The van der Waals surface area contributed by atoms with E-state index in [1.807, 2.05) is 7.05 Å². The molecule has 1 unspecified atom stereocenters. The van der Waals surface area contributed by atoms with E-state index in [9.17, 15) is 0 Å². The molecule has 120 valence electrons. The van der Waals surface area contributed by atoms with Crippen LogP contribution in [0.15, 0.2) is 6.20 Å². The number of nitrogens with zero attached hydrogens (tertiary/aromatic N) is 5. The van der Waals surface area contributed by atoms with Gasteiger partial charge in [0.25, 0.3) is 0 Å². The number of hydrogen-bond donors (Lipinski definition) is 2. The molecule has 1 aliphatic rings. The Hall–Kier alpha value is -1.89. The highest BCUT2D eigenvalue weighted by Gasteiger charge is 2.17. The Balaban J connectivity index is 1.54. The molecular weight excluding hydrogens is 278 g/mol. The van der Waals surface area contributed by atoms with Crippen LogP contribution in [-0.2, 0) is 7.05 Å². The van der Waals surface area contributed by atoms with Crippen LogP contribution in [0.4, 0.5) is 11.8 Å². The standard InChI is InChI=1S/C15H25N7/c1-11-6-3-4-8-22(11)9-5-7-17-15-19-13(16)12-10-18-21(2)14(12)20-15/h10-11H,3-9H2,1-2H3,(H3,16,17,19,20). The summed E-state index contributed by atoms with van der Waals surface area (Å²) in [4.78, 5) is 11.4. The molecule has 1 saturated heterocycles. The molecule has 7 heteroatoms. The lowest BCUT2D eigenvalue weighted by atomic mass is 10.0. The molecule has 1 fully saturated rings. The average molecular weight is 303 g/mol. The Morgan fingerprint density at radius 3 is 3.05 bits per heavy atom. The minimum Gasteiger partial charge on any atom is -0.383 e. The first-order valence-corrected chi connectivity index (χ1v) is 8.08. The van der Waals surface area contributed by atoms with Crippen molar-refractivity contribution in [2.24, 2.45) is 7.05 Å². The fraction of sp³-hybridized carbons (Fsp3) is 0.667.